The van der Waals surface area contributed by atoms with Crippen molar-refractivity contribution in [1.82, 2.24) is 15.0 Å². The predicted molar refractivity (Wildman–Crippen MR) is 125 cm³/mol. The van der Waals surface area contributed by atoms with Crippen LogP contribution in [0, 0.1) is 6.92 Å². The molecule has 4 aromatic rings. The number of aromatic nitrogens is 3. The maximum absolute atomic E-state index is 12.0. The fraction of sp³-hybridized carbons (Fsp3) is 0.115. The van der Waals surface area contributed by atoms with Crippen LogP contribution >= 0.6 is 0 Å². The molecule has 4 rings (SSSR count). The highest BCUT2D eigenvalue weighted by atomic mass is 16.5. The van der Waals surface area contributed by atoms with Gasteiger partial charge in [0.15, 0.2) is 17.5 Å². The Balaban J connectivity index is 1.88. The monoisotopic (exact) mass is 455 g/mol. The summed E-state index contributed by atoms with van der Waals surface area (Å²) in [5.41, 5.74) is 3.27. The number of hydrogen-bond donors (Lipinski definition) is 1. The van der Waals surface area contributed by atoms with Gasteiger partial charge in [-0.25, -0.2) is 24.5 Å². The SMILES string of the molecule is COC(=O)c1ccc(-c2nc(-c3cccc(C(=O)OC)c3)nc(-c3ccc(C)cc3O)n2)cc1. The number of rotatable bonds is 5. The third kappa shape index (κ3) is 4.61. The Bertz CT molecular complexity index is 1380. The van der Waals surface area contributed by atoms with Gasteiger partial charge < -0.3 is 14.6 Å². The van der Waals surface area contributed by atoms with Gasteiger partial charge in [-0.15, -0.1) is 0 Å². The van der Waals surface area contributed by atoms with Crippen molar-refractivity contribution in [2.75, 3.05) is 14.2 Å². The zero-order valence-electron chi connectivity index (χ0n) is 18.8. The topological polar surface area (TPSA) is 112 Å². The minimum Gasteiger partial charge on any atom is -0.507 e. The zero-order valence-corrected chi connectivity index (χ0v) is 18.8. The van der Waals surface area contributed by atoms with Gasteiger partial charge in [0.1, 0.15) is 5.75 Å². The van der Waals surface area contributed by atoms with E-state index in [-0.39, 0.29) is 11.6 Å². The first kappa shape index (κ1) is 22.6. The molecule has 0 saturated carbocycles. The summed E-state index contributed by atoms with van der Waals surface area (Å²) in [6, 6.07) is 18.6. The van der Waals surface area contributed by atoms with E-state index in [4.69, 9.17) is 9.47 Å². The van der Waals surface area contributed by atoms with Crippen LogP contribution in [-0.4, -0.2) is 46.2 Å². The second-order valence-electron chi connectivity index (χ2n) is 7.47. The molecule has 1 heterocycles. The van der Waals surface area contributed by atoms with Gasteiger partial charge in [0, 0.05) is 11.1 Å². The van der Waals surface area contributed by atoms with E-state index < -0.39 is 11.9 Å². The van der Waals surface area contributed by atoms with Crippen LogP contribution in [0.4, 0.5) is 0 Å². The molecule has 0 atom stereocenters. The number of benzene rings is 3. The number of phenolic OH excluding ortho intramolecular Hbond substituents is 1. The summed E-state index contributed by atoms with van der Waals surface area (Å²) in [6.07, 6.45) is 0. The third-order valence-electron chi connectivity index (χ3n) is 5.14. The van der Waals surface area contributed by atoms with Gasteiger partial charge in [-0.1, -0.05) is 30.3 Å². The Kier molecular flexibility index (Phi) is 6.31. The highest BCUT2D eigenvalue weighted by molar-refractivity contribution is 5.91. The Morgan fingerprint density at radius 1 is 0.706 bits per heavy atom. The predicted octanol–water partition coefficient (Wildman–Crippen LogP) is 4.46. The number of aromatic hydroxyl groups is 1. The maximum atomic E-state index is 12.0. The minimum atomic E-state index is -0.481. The summed E-state index contributed by atoms with van der Waals surface area (Å²) in [5.74, 6) is 0.00631. The fourth-order valence-corrected chi connectivity index (χ4v) is 3.36. The largest absolute Gasteiger partial charge is 0.507 e. The number of aryl methyl sites for hydroxylation is 1. The lowest BCUT2D eigenvalue weighted by molar-refractivity contribution is 0.0592. The van der Waals surface area contributed by atoms with E-state index in [1.54, 1.807) is 60.7 Å². The van der Waals surface area contributed by atoms with Crippen molar-refractivity contribution in [3.63, 3.8) is 0 Å². The first-order valence-corrected chi connectivity index (χ1v) is 10.3. The fourth-order valence-electron chi connectivity index (χ4n) is 3.36. The normalized spacial score (nSPS) is 10.6. The van der Waals surface area contributed by atoms with Crippen molar-refractivity contribution in [3.05, 3.63) is 83.4 Å². The van der Waals surface area contributed by atoms with E-state index in [9.17, 15) is 14.7 Å². The zero-order chi connectivity index (χ0) is 24.2. The number of nitrogens with zero attached hydrogens (tertiary/aromatic N) is 3. The second-order valence-corrected chi connectivity index (χ2v) is 7.47. The van der Waals surface area contributed by atoms with Crippen LogP contribution in [-0.2, 0) is 9.47 Å². The molecular formula is C26H21N3O5. The summed E-state index contributed by atoms with van der Waals surface area (Å²) >= 11 is 0. The Labute approximate surface area is 195 Å². The van der Waals surface area contributed by atoms with Gasteiger partial charge in [-0.2, -0.15) is 0 Å². The average Bonchev–Trinajstić information content (AvgIpc) is 2.87. The van der Waals surface area contributed by atoms with Gasteiger partial charge >= 0.3 is 11.9 Å². The van der Waals surface area contributed by atoms with Crippen LogP contribution < -0.4 is 0 Å². The van der Waals surface area contributed by atoms with Crippen molar-refractivity contribution in [3.8, 4) is 39.9 Å². The van der Waals surface area contributed by atoms with E-state index in [0.717, 1.165) is 5.56 Å². The lowest BCUT2D eigenvalue weighted by Crippen LogP contribution is -2.04. The lowest BCUT2D eigenvalue weighted by atomic mass is 10.1. The van der Waals surface area contributed by atoms with Gasteiger partial charge in [0.05, 0.1) is 30.9 Å². The first-order valence-electron chi connectivity index (χ1n) is 10.3. The van der Waals surface area contributed by atoms with Crippen LogP contribution in [0.3, 0.4) is 0 Å². The van der Waals surface area contributed by atoms with Crippen LogP contribution in [0.1, 0.15) is 26.3 Å². The Morgan fingerprint density at radius 3 is 1.97 bits per heavy atom. The maximum Gasteiger partial charge on any atom is 0.337 e. The summed E-state index contributed by atoms with van der Waals surface area (Å²) in [5, 5.41) is 10.5. The van der Waals surface area contributed by atoms with E-state index >= 15 is 0 Å². The minimum absolute atomic E-state index is 0.0347. The molecule has 0 spiro atoms. The van der Waals surface area contributed by atoms with Gasteiger partial charge in [0.2, 0.25) is 0 Å². The van der Waals surface area contributed by atoms with Gasteiger partial charge in [0.25, 0.3) is 0 Å². The van der Waals surface area contributed by atoms with Crippen molar-refractivity contribution in [1.29, 1.82) is 0 Å². The lowest BCUT2D eigenvalue weighted by Gasteiger charge is -2.10. The van der Waals surface area contributed by atoms with E-state index in [0.29, 0.717) is 39.5 Å². The van der Waals surface area contributed by atoms with Crippen molar-refractivity contribution < 1.29 is 24.2 Å². The molecule has 0 fully saturated rings. The van der Waals surface area contributed by atoms with Crippen LogP contribution in [0.2, 0.25) is 0 Å². The molecule has 3 aromatic carbocycles. The molecule has 0 saturated heterocycles. The standard InChI is InChI=1S/C26H21N3O5/c1-15-7-12-20(21(30)13-15)24-28-22(16-8-10-17(11-9-16)25(31)33-2)27-23(29-24)18-5-4-6-19(14-18)26(32)34-3/h4-14,30H,1-3H3. The molecule has 8 heteroatoms. The molecule has 34 heavy (non-hydrogen) atoms. The smallest absolute Gasteiger partial charge is 0.337 e. The summed E-state index contributed by atoms with van der Waals surface area (Å²) in [7, 11) is 2.63. The van der Waals surface area contributed by atoms with Crippen molar-refractivity contribution in [2.45, 2.75) is 6.92 Å². The molecule has 0 radical (unpaired) electrons. The molecule has 0 unspecified atom stereocenters. The first-order chi connectivity index (χ1) is 16.4. The Morgan fingerprint density at radius 2 is 1.32 bits per heavy atom. The highest BCUT2D eigenvalue weighted by Gasteiger charge is 2.16. The molecule has 8 nitrogen and oxygen atoms in total. The number of phenols is 1. The van der Waals surface area contributed by atoms with E-state index in [2.05, 4.69) is 15.0 Å². The van der Waals surface area contributed by atoms with Crippen LogP contribution in [0.5, 0.6) is 5.75 Å². The molecule has 0 aliphatic heterocycles. The second kappa shape index (κ2) is 9.50. The van der Waals surface area contributed by atoms with Crippen LogP contribution in [0.15, 0.2) is 66.7 Å². The van der Waals surface area contributed by atoms with E-state index in [1.807, 2.05) is 13.0 Å². The number of carbonyl (C=O) groups is 2. The average molecular weight is 455 g/mol. The summed E-state index contributed by atoms with van der Waals surface area (Å²) in [6.45, 7) is 1.87. The number of carbonyl (C=O) groups excluding carboxylic acids is 2. The van der Waals surface area contributed by atoms with Crippen molar-refractivity contribution >= 4 is 11.9 Å². The molecule has 0 bridgehead atoms. The quantitative estimate of drug-likeness (QED) is 0.439. The van der Waals surface area contributed by atoms with Gasteiger partial charge in [-0.05, 0) is 48.9 Å². The third-order valence-corrected chi connectivity index (χ3v) is 5.14. The number of methoxy groups -OCH3 is 2. The van der Waals surface area contributed by atoms with E-state index in [1.165, 1.54) is 14.2 Å². The molecule has 0 amide bonds. The molecule has 0 aliphatic carbocycles. The molecule has 0 aliphatic rings. The van der Waals surface area contributed by atoms with Crippen LogP contribution in [0.25, 0.3) is 34.2 Å². The van der Waals surface area contributed by atoms with Gasteiger partial charge in [-0.3, -0.25) is 0 Å². The highest BCUT2D eigenvalue weighted by Crippen LogP contribution is 2.30. The Hall–Kier alpha value is -4.59. The summed E-state index contributed by atoms with van der Waals surface area (Å²) in [4.78, 5) is 37.5. The number of hydrogen-bond acceptors (Lipinski definition) is 8. The molecule has 1 N–H and O–H groups in total. The number of ether oxygens (including phenoxy) is 2. The molecular weight excluding hydrogens is 434 g/mol. The number of esters is 2. The van der Waals surface area contributed by atoms with Crippen molar-refractivity contribution in [2.24, 2.45) is 0 Å². The molecule has 1 aromatic heterocycles. The molecule has 170 valence electrons. The summed E-state index contributed by atoms with van der Waals surface area (Å²) < 4.78 is 9.57.